The molecule has 4 heteroatoms. The van der Waals surface area contributed by atoms with E-state index in [1.54, 1.807) is 6.92 Å². The Morgan fingerprint density at radius 3 is 2.57 bits per heavy atom. The van der Waals surface area contributed by atoms with Gasteiger partial charge in [-0.1, -0.05) is 33.8 Å². The molecule has 0 unspecified atom stereocenters. The Labute approximate surface area is 124 Å². The van der Waals surface area contributed by atoms with Crippen LogP contribution in [0, 0.1) is 0 Å². The molecule has 21 heavy (non-hydrogen) atoms. The van der Waals surface area contributed by atoms with E-state index in [2.05, 4.69) is 26.1 Å². The molecule has 0 saturated carbocycles. The molecule has 1 aromatic carbocycles. The molecule has 0 saturated heterocycles. The fourth-order valence-corrected chi connectivity index (χ4v) is 2.16. The van der Waals surface area contributed by atoms with E-state index >= 15 is 0 Å². The molecule has 0 spiro atoms. The van der Waals surface area contributed by atoms with Crippen molar-refractivity contribution in [2.75, 3.05) is 0 Å². The minimum absolute atomic E-state index is 0.00820. The van der Waals surface area contributed by atoms with Crippen LogP contribution >= 0.6 is 0 Å². The molecule has 1 heterocycles. The Kier molecular flexibility index (Phi) is 4.16. The topological polar surface area (TPSA) is 59.3 Å². The van der Waals surface area contributed by atoms with Crippen LogP contribution in [0.15, 0.2) is 33.5 Å². The second kappa shape index (κ2) is 5.72. The van der Waals surface area contributed by atoms with Gasteiger partial charge in [-0.05, 0) is 28.7 Å². The predicted molar refractivity (Wildman–Crippen MR) is 83.3 cm³/mol. The van der Waals surface area contributed by atoms with Gasteiger partial charge in [-0.25, -0.2) is 4.79 Å². The Hall–Kier alpha value is -2.10. The number of hydrogen-bond acceptors (Lipinski definition) is 3. The summed E-state index contributed by atoms with van der Waals surface area (Å²) in [5.74, 6) is -0.0385. The normalized spacial score (nSPS) is 11.6. The summed E-state index contributed by atoms with van der Waals surface area (Å²) in [6, 6.07) is 7.28. The Morgan fingerprint density at radius 2 is 1.95 bits per heavy atom. The van der Waals surface area contributed by atoms with E-state index in [1.165, 1.54) is 6.07 Å². The van der Waals surface area contributed by atoms with Gasteiger partial charge in [-0.2, -0.15) is 0 Å². The van der Waals surface area contributed by atoms with E-state index in [0.29, 0.717) is 18.5 Å². The van der Waals surface area contributed by atoms with Crippen molar-refractivity contribution >= 4 is 16.9 Å². The lowest BCUT2D eigenvalue weighted by molar-refractivity contribution is -0.120. The first-order chi connectivity index (χ1) is 9.81. The first-order valence-electron chi connectivity index (χ1n) is 7.15. The number of fused-ring (bicyclic) bond motifs is 1. The Morgan fingerprint density at radius 1 is 1.24 bits per heavy atom. The van der Waals surface area contributed by atoms with Gasteiger partial charge in [0.2, 0.25) is 5.91 Å². The van der Waals surface area contributed by atoms with Gasteiger partial charge in [-0.15, -0.1) is 0 Å². The maximum absolute atomic E-state index is 11.6. The van der Waals surface area contributed by atoms with E-state index in [9.17, 15) is 9.59 Å². The molecule has 1 amide bonds. The zero-order valence-electron chi connectivity index (χ0n) is 12.9. The largest absolute Gasteiger partial charge is 0.423 e. The van der Waals surface area contributed by atoms with Crippen LogP contribution in [0.2, 0.25) is 0 Å². The lowest BCUT2D eigenvalue weighted by Gasteiger charge is -2.19. The number of nitrogens with one attached hydrogen (secondary N) is 1. The van der Waals surface area contributed by atoms with Gasteiger partial charge in [0.1, 0.15) is 5.58 Å². The standard InChI is InChI=1S/C17H21NO3/c1-5-15(19)18-10-11-8-16(20)21-14-7-6-12(9-13(11)14)17(2,3)4/h6-9H,5,10H2,1-4H3,(H,18,19). The molecule has 112 valence electrons. The Bertz CT molecular complexity index is 723. The predicted octanol–water partition coefficient (Wildman–Crippen LogP) is 3.12. The van der Waals surface area contributed by atoms with E-state index in [-0.39, 0.29) is 11.3 Å². The number of carbonyl (C=O) groups excluding carboxylic acids is 1. The summed E-state index contributed by atoms with van der Waals surface area (Å²) < 4.78 is 5.23. The molecule has 0 atom stereocenters. The minimum atomic E-state index is -0.397. The average Bonchev–Trinajstić information content (AvgIpc) is 2.42. The van der Waals surface area contributed by atoms with Gasteiger partial charge in [0.15, 0.2) is 0 Å². The second-order valence-electron chi connectivity index (χ2n) is 6.18. The molecule has 0 bridgehead atoms. The molecule has 2 rings (SSSR count). The van der Waals surface area contributed by atoms with E-state index in [0.717, 1.165) is 16.5 Å². The van der Waals surface area contributed by atoms with Crippen molar-refractivity contribution < 1.29 is 9.21 Å². The van der Waals surface area contributed by atoms with Crippen LogP contribution in [0.4, 0.5) is 0 Å². The van der Waals surface area contributed by atoms with Crippen molar-refractivity contribution in [2.24, 2.45) is 0 Å². The van der Waals surface area contributed by atoms with Crippen LogP contribution in [-0.2, 0) is 16.8 Å². The van der Waals surface area contributed by atoms with Gasteiger partial charge in [-0.3, -0.25) is 4.79 Å². The van der Waals surface area contributed by atoms with Crippen LogP contribution in [0.3, 0.4) is 0 Å². The third-order valence-electron chi connectivity index (χ3n) is 3.49. The highest BCUT2D eigenvalue weighted by Gasteiger charge is 2.16. The smallest absolute Gasteiger partial charge is 0.336 e. The van der Waals surface area contributed by atoms with Crippen LogP contribution in [0.1, 0.15) is 45.2 Å². The van der Waals surface area contributed by atoms with Crippen LogP contribution in [-0.4, -0.2) is 5.91 Å². The van der Waals surface area contributed by atoms with Crippen molar-refractivity contribution in [2.45, 2.75) is 46.1 Å². The molecule has 4 nitrogen and oxygen atoms in total. The molecule has 2 aromatic rings. The quantitative estimate of drug-likeness (QED) is 0.882. The molecule has 0 aliphatic rings. The summed E-state index contributed by atoms with van der Waals surface area (Å²) in [5.41, 5.74) is 2.11. The summed E-state index contributed by atoms with van der Waals surface area (Å²) in [6.45, 7) is 8.52. The maximum atomic E-state index is 11.6. The van der Waals surface area contributed by atoms with E-state index < -0.39 is 5.63 Å². The third-order valence-corrected chi connectivity index (χ3v) is 3.49. The average molecular weight is 287 g/mol. The SMILES string of the molecule is CCC(=O)NCc1cc(=O)oc2ccc(C(C)(C)C)cc12. The highest BCUT2D eigenvalue weighted by Crippen LogP contribution is 2.27. The van der Waals surface area contributed by atoms with Crippen LogP contribution in [0.5, 0.6) is 0 Å². The van der Waals surface area contributed by atoms with E-state index in [4.69, 9.17) is 4.42 Å². The first-order valence-corrected chi connectivity index (χ1v) is 7.15. The number of carbonyl (C=O) groups is 1. The van der Waals surface area contributed by atoms with Gasteiger partial charge in [0, 0.05) is 24.4 Å². The molecule has 0 radical (unpaired) electrons. The fraction of sp³-hybridized carbons (Fsp3) is 0.412. The highest BCUT2D eigenvalue weighted by molar-refractivity contribution is 5.82. The first kappa shape index (κ1) is 15.3. The zero-order valence-corrected chi connectivity index (χ0v) is 12.9. The highest BCUT2D eigenvalue weighted by atomic mass is 16.4. The monoisotopic (exact) mass is 287 g/mol. The number of rotatable bonds is 3. The van der Waals surface area contributed by atoms with Gasteiger partial charge in [0.25, 0.3) is 0 Å². The molecule has 0 aliphatic carbocycles. The summed E-state index contributed by atoms with van der Waals surface area (Å²) in [5, 5.41) is 3.68. The molecule has 0 aliphatic heterocycles. The minimum Gasteiger partial charge on any atom is -0.423 e. The van der Waals surface area contributed by atoms with Crippen molar-refractivity contribution in [3.8, 4) is 0 Å². The van der Waals surface area contributed by atoms with Gasteiger partial charge in [0.05, 0.1) is 0 Å². The second-order valence-corrected chi connectivity index (χ2v) is 6.18. The molecular weight excluding hydrogens is 266 g/mol. The molecule has 1 aromatic heterocycles. The lowest BCUT2D eigenvalue weighted by Crippen LogP contribution is -2.22. The Balaban J connectivity index is 2.51. The number of benzene rings is 1. The zero-order chi connectivity index (χ0) is 15.6. The van der Waals surface area contributed by atoms with Crippen molar-refractivity contribution in [1.82, 2.24) is 5.32 Å². The van der Waals surface area contributed by atoms with Crippen LogP contribution < -0.4 is 10.9 Å². The summed E-state index contributed by atoms with van der Waals surface area (Å²) in [6.07, 6.45) is 0.423. The number of amides is 1. The summed E-state index contributed by atoms with van der Waals surface area (Å²) in [7, 11) is 0. The summed E-state index contributed by atoms with van der Waals surface area (Å²) >= 11 is 0. The van der Waals surface area contributed by atoms with Gasteiger partial charge >= 0.3 is 5.63 Å². The van der Waals surface area contributed by atoms with Crippen molar-refractivity contribution in [3.63, 3.8) is 0 Å². The van der Waals surface area contributed by atoms with Gasteiger partial charge < -0.3 is 9.73 Å². The van der Waals surface area contributed by atoms with E-state index in [1.807, 2.05) is 18.2 Å². The summed E-state index contributed by atoms with van der Waals surface area (Å²) in [4.78, 5) is 23.0. The van der Waals surface area contributed by atoms with Crippen molar-refractivity contribution in [3.05, 3.63) is 45.8 Å². The maximum Gasteiger partial charge on any atom is 0.336 e. The molecule has 0 fully saturated rings. The number of hydrogen-bond donors (Lipinski definition) is 1. The fourth-order valence-electron chi connectivity index (χ4n) is 2.16. The lowest BCUT2D eigenvalue weighted by atomic mass is 9.86. The van der Waals surface area contributed by atoms with Crippen LogP contribution in [0.25, 0.3) is 11.0 Å². The molecule has 1 N–H and O–H groups in total. The molecular formula is C17H21NO3. The van der Waals surface area contributed by atoms with Crippen molar-refractivity contribution in [1.29, 1.82) is 0 Å². The third kappa shape index (κ3) is 3.51.